The zero-order valence-corrected chi connectivity index (χ0v) is 43.8. The molecule has 10 nitrogen and oxygen atoms in total. The van der Waals surface area contributed by atoms with E-state index < -0.39 is 80.5 Å². The molecule has 6 atom stereocenters. The van der Waals surface area contributed by atoms with Crippen LogP contribution in [0.5, 0.6) is 0 Å². The fourth-order valence-electron chi connectivity index (χ4n) is 13.2. The van der Waals surface area contributed by atoms with Crippen molar-refractivity contribution in [1.82, 2.24) is 9.80 Å². The van der Waals surface area contributed by atoms with Crippen LogP contribution >= 0.6 is 0 Å². The second kappa shape index (κ2) is 24.7. The molecular formula is C54H100N2O8. The third kappa shape index (κ3) is 13.3. The van der Waals surface area contributed by atoms with Gasteiger partial charge in [-0.3, -0.25) is 29.0 Å². The lowest BCUT2D eigenvalue weighted by atomic mass is 9.37. The summed E-state index contributed by atoms with van der Waals surface area (Å²) < 4.78 is 0. The summed E-state index contributed by atoms with van der Waals surface area (Å²) >= 11 is 0. The van der Waals surface area contributed by atoms with Crippen molar-refractivity contribution in [1.29, 1.82) is 0 Å². The van der Waals surface area contributed by atoms with E-state index in [9.17, 15) is 30.0 Å². The van der Waals surface area contributed by atoms with Crippen molar-refractivity contribution in [2.24, 2.45) is 46.3 Å². The van der Waals surface area contributed by atoms with Crippen molar-refractivity contribution in [2.45, 2.75) is 259 Å². The van der Waals surface area contributed by atoms with E-state index in [0.717, 1.165) is 51.4 Å². The number of carbonyl (C=O) groups is 4. The van der Waals surface area contributed by atoms with Crippen LogP contribution in [0.3, 0.4) is 0 Å². The Hall–Kier alpha value is -2.20. The van der Waals surface area contributed by atoms with Gasteiger partial charge in [-0.15, -0.1) is 0 Å². The van der Waals surface area contributed by atoms with Crippen molar-refractivity contribution < 1.29 is 39.6 Å². The highest BCUT2D eigenvalue weighted by molar-refractivity contribution is 5.95. The lowest BCUT2D eigenvalue weighted by molar-refractivity contribution is -0.247. The number of piperidine rings is 2. The summed E-state index contributed by atoms with van der Waals surface area (Å²) in [6.45, 7) is 25.1. The summed E-state index contributed by atoms with van der Waals surface area (Å²) in [5, 5.41) is 48.2. The summed E-state index contributed by atoms with van der Waals surface area (Å²) in [5.41, 5.74) is -7.85. The van der Waals surface area contributed by atoms with Crippen LogP contribution in [0.4, 0.5) is 0 Å². The first kappa shape index (κ1) is 57.9. The highest BCUT2D eigenvalue weighted by Crippen LogP contribution is 2.69. The monoisotopic (exact) mass is 905 g/mol. The summed E-state index contributed by atoms with van der Waals surface area (Å²) in [5.74, 6) is -9.59. The van der Waals surface area contributed by atoms with Crippen molar-refractivity contribution in [3.05, 3.63) is 0 Å². The zero-order valence-electron chi connectivity index (χ0n) is 43.8. The van der Waals surface area contributed by atoms with Crippen LogP contribution in [0.2, 0.25) is 0 Å². The topological polar surface area (TPSA) is 156 Å². The molecule has 0 spiro atoms. The number of carboxylic acids is 4. The number of hydrogen-bond donors (Lipinski definition) is 4. The van der Waals surface area contributed by atoms with Gasteiger partial charge in [0.25, 0.3) is 0 Å². The first-order chi connectivity index (χ1) is 29.6. The van der Waals surface area contributed by atoms with Gasteiger partial charge in [-0.1, -0.05) is 143 Å². The standard InChI is InChI=1S/C54H100N2O8/c1-39(2)31-27-23-19-15-17-21-25-29-33-41(45(57)58)53(47(61)62,43-35-37-49(5,6)55(13)51(43,9)10)54(48(63)64,44-36-38-50(7,8)56(14)52(44,11)12)42(46(59)60)34-30-26-22-18-16-20-24-28-32-40(3)4/h39-44H,15-38H2,1-14H3,(H,57,58)(H,59,60)(H,61,62)(H,63,64). The first-order valence-corrected chi connectivity index (χ1v) is 26.0. The maximum Gasteiger partial charge on any atom is 0.312 e. The van der Waals surface area contributed by atoms with Gasteiger partial charge in [0.05, 0.1) is 11.8 Å². The van der Waals surface area contributed by atoms with Crippen LogP contribution in [0.15, 0.2) is 0 Å². The minimum atomic E-state index is -2.50. The third-order valence-electron chi connectivity index (χ3n) is 17.6. The van der Waals surface area contributed by atoms with Crippen LogP contribution in [0.25, 0.3) is 0 Å². The second-order valence-electron chi connectivity index (χ2n) is 24.0. The number of carboxylic acid groups (broad SMARTS) is 4. The molecule has 374 valence electrons. The molecule has 2 rings (SSSR count). The van der Waals surface area contributed by atoms with Gasteiger partial charge in [0.1, 0.15) is 10.8 Å². The van der Waals surface area contributed by atoms with Gasteiger partial charge < -0.3 is 20.4 Å². The Bertz CT molecular complexity index is 1360. The molecule has 4 N–H and O–H groups in total. The summed E-state index contributed by atoms with van der Waals surface area (Å²) in [6, 6.07) is 0. The van der Waals surface area contributed by atoms with Gasteiger partial charge in [-0.05, 0) is 132 Å². The minimum Gasteiger partial charge on any atom is -0.481 e. The lowest BCUT2D eigenvalue weighted by Crippen LogP contribution is -2.77. The second-order valence-corrected chi connectivity index (χ2v) is 24.0. The van der Waals surface area contributed by atoms with E-state index in [0.29, 0.717) is 50.4 Å². The third-order valence-corrected chi connectivity index (χ3v) is 17.6. The summed E-state index contributed by atoms with van der Waals surface area (Å²) in [6.07, 6.45) is 19.1. The van der Waals surface area contributed by atoms with Gasteiger partial charge in [0.15, 0.2) is 0 Å². The number of hydrogen-bond acceptors (Lipinski definition) is 6. The normalized spacial score (nSPS) is 23.9. The molecule has 2 aliphatic heterocycles. The predicted octanol–water partition coefficient (Wildman–Crippen LogP) is 13.4. The van der Waals surface area contributed by atoms with Gasteiger partial charge >= 0.3 is 23.9 Å². The molecule has 0 bridgehead atoms. The van der Waals surface area contributed by atoms with Crippen molar-refractivity contribution in [3.63, 3.8) is 0 Å². The van der Waals surface area contributed by atoms with E-state index in [1.165, 1.54) is 38.5 Å². The Kier molecular flexibility index (Phi) is 22.4. The molecule has 64 heavy (non-hydrogen) atoms. The lowest BCUT2D eigenvalue weighted by Gasteiger charge is -2.68. The first-order valence-electron chi connectivity index (χ1n) is 26.0. The van der Waals surface area contributed by atoms with E-state index in [4.69, 9.17) is 0 Å². The number of aliphatic carboxylic acids is 4. The molecule has 6 unspecified atom stereocenters. The summed E-state index contributed by atoms with van der Waals surface area (Å²) in [7, 11) is 3.86. The molecule has 0 aliphatic carbocycles. The van der Waals surface area contributed by atoms with Gasteiger partial charge in [0, 0.05) is 22.2 Å². The van der Waals surface area contributed by atoms with Crippen LogP contribution < -0.4 is 0 Å². The highest BCUT2D eigenvalue weighted by atomic mass is 16.4. The van der Waals surface area contributed by atoms with E-state index in [2.05, 4.69) is 65.2 Å². The van der Waals surface area contributed by atoms with Crippen molar-refractivity contribution >= 4 is 23.9 Å². The average molecular weight is 905 g/mol. The molecule has 0 radical (unpaired) electrons. The molecular weight excluding hydrogens is 805 g/mol. The van der Waals surface area contributed by atoms with Crippen molar-refractivity contribution in [2.75, 3.05) is 14.1 Å². The Labute approximate surface area is 391 Å². The molecule has 2 aliphatic rings. The van der Waals surface area contributed by atoms with E-state index >= 15 is 9.59 Å². The Morgan fingerprint density at radius 3 is 0.906 bits per heavy atom. The largest absolute Gasteiger partial charge is 0.481 e. The summed E-state index contributed by atoms with van der Waals surface area (Å²) in [4.78, 5) is 63.4. The Balaban J connectivity index is 2.89. The smallest absolute Gasteiger partial charge is 0.312 e. The number of unbranched alkanes of at least 4 members (excludes halogenated alkanes) is 14. The highest BCUT2D eigenvalue weighted by Gasteiger charge is 2.79. The molecule has 10 heteroatoms. The molecule has 0 aromatic rings. The van der Waals surface area contributed by atoms with Gasteiger partial charge in [-0.25, -0.2) is 0 Å². The molecule has 2 heterocycles. The maximum atomic E-state index is 15.3. The van der Waals surface area contributed by atoms with Gasteiger partial charge in [0.2, 0.25) is 0 Å². The zero-order chi connectivity index (χ0) is 48.9. The van der Waals surface area contributed by atoms with Crippen LogP contribution in [0.1, 0.15) is 237 Å². The fourth-order valence-corrected chi connectivity index (χ4v) is 13.2. The quantitative estimate of drug-likeness (QED) is 0.0494. The van der Waals surface area contributed by atoms with Crippen LogP contribution in [-0.4, -0.2) is 90.4 Å². The fraction of sp³-hybridized carbons (Fsp3) is 0.926. The van der Waals surface area contributed by atoms with Crippen LogP contribution in [0, 0.1) is 46.3 Å². The minimum absolute atomic E-state index is 0.0390. The van der Waals surface area contributed by atoms with E-state index in [1.54, 1.807) is 0 Å². The molecule has 2 saturated heterocycles. The molecule has 0 amide bonds. The SMILES string of the molecule is CC(C)CCCCCCCCCCC(C(=O)O)C(C(=O)O)(C1CCC(C)(C)N(C)C1(C)C)C(C(=O)O)(C(CCCCCCCCCCC(C)C)C(=O)O)C1CCC(C)(C)N(C)C1(C)C. The Morgan fingerprint density at radius 1 is 0.453 bits per heavy atom. The van der Waals surface area contributed by atoms with Crippen molar-refractivity contribution in [3.8, 4) is 0 Å². The predicted molar refractivity (Wildman–Crippen MR) is 262 cm³/mol. The van der Waals surface area contributed by atoms with Gasteiger partial charge in [-0.2, -0.15) is 0 Å². The molecule has 0 aromatic carbocycles. The average Bonchev–Trinajstić information content (AvgIpc) is 3.17. The van der Waals surface area contributed by atoms with Crippen LogP contribution in [-0.2, 0) is 19.2 Å². The molecule has 0 aromatic heterocycles. The number of rotatable bonds is 31. The number of likely N-dealkylation sites (tertiary alicyclic amines) is 2. The molecule has 0 saturated carbocycles. The Morgan fingerprint density at radius 2 is 0.688 bits per heavy atom. The maximum absolute atomic E-state index is 15.3. The van der Waals surface area contributed by atoms with E-state index in [1.807, 2.05) is 41.8 Å². The molecule has 2 fully saturated rings. The number of nitrogens with zero attached hydrogens (tertiary/aromatic N) is 2. The van der Waals surface area contributed by atoms with E-state index in [-0.39, 0.29) is 25.7 Å².